The summed E-state index contributed by atoms with van der Waals surface area (Å²) in [6.07, 6.45) is 6.06. The predicted molar refractivity (Wildman–Crippen MR) is 69.4 cm³/mol. The molecule has 0 radical (unpaired) electrons. The molecule has 0 amide bonds. The van der Waals surface area contributed by atoms with Gasteiger partial charge in [0.05, 0.1) is 0 Å². The molecule has 0 unspecified atom stereocenters. The Labute approximate surface area is 109 Å². The van der Waals surface area contributed by atoms with Crippen LogP contribution in [0.5, 0.6) is 0 Å². The van der Waals surface area contributed by atoms with Crippen molar-refractivity contribution in [3.63, 3.8) is 0 Å². The van der Waals surface area contributed by atoms with Crippen molar-refractivity contribution in [3.8, 4) is 0 Å². The van der Waals surface area contributed by atoms with Crippen LogP contribution in [0.3, 0.4) is 0 Å². The number of thiazole rings is 1. The largest absolute Gasteiger partial charge is 0.477 e. The number of hydrogen-bond acceptors (Lipinski definition) is 4. The van der Waals surface area contributed by atoms with Crippen LogP contribution < -0.4 is 4.90 Å². The van der Waals surface area contributed by atoms with E-state index in [4.69, 9.17) is 16.7 Å². The lowest BCUT2D eigenvalue weighted by Crippen LogP contribution is -2.33. The number of aromatic nitrogens is 1. The second-order valence-corrected chi connectivity index (χ2v) is 5.66. The lowest BCUT2D eigenvalue weighted by molar-refractivity contribution is 0.0702. The summed E-state index contributed by atoms with van der Waals surface area (Å²) in [7, 11) is 1.97. The number of hydrogen-bond donors (Lipinski definition) is 1. The van der Waals surface area contributed by atoms with E-state index in [1.165, 1.54) is 19.3 Å². The highest BCUT2D eigenvalue weighted by atomic mass is 35.5. The van der Waals surface area contributed by atoms with Crippen LogP contribution in [0.25, 0.3) is 0 Å². The lowest BCUT2D eigenvalue weighted by atomic mass is 9.95. The Morgan fingerprint density at radius 3 is 2.65 bits per heavy atom. The van der Waals surface area contributed by atoms with E-state index in [1.54, 1.807) is 0 Å². The summed E-state index contributed by atoms with van der Waals surface area (Å²) in [6, 6.07) is 0.465. The molecule has 1 aliphatic rings. The van der Waals surface area contributed by atoms with E-state index in [0.29, 0.717) is 11.2 Å². The first kappa shape index (κ1) is 12.6. The third-order valence-electron chi connectivity index (χ3n) is 3.19. The zero-order valence-corrected chi connectivity index (χ0v) is 11.2. The number of nitrogens with zero attached hydrogens (tertiary/aromatic N) is 2. The molecule has 4 nitrogen and oxygen atoms in total. The first-order valence-corrected chi connectivity index (χ1v) is 6.91. The molecule has 94 valence electrons. The summed E-state index contributed by atoms with van der Waals surface area (Å²) in [6.45, 7) is 0. The van der Waals surface area contributed by atoms with Gasteiger partial charge in [0, 0.05) is 13.1 Å². The molecule has 0 aromatic carbocycles. The fourth-order valence-corrected chi connectivity index (χ4v) is 3.35. The highest BCUT2D eigenvalue weighted by Crippen LogP contribution is 2.32. The Morgan fingerprint density at radius 1 is 1.47 bits per heavy atom. The highest BCUT2D eigenvalue weighted by molar-refractivity contribution is 7.18. The number of halogens is 1. The van der Waals surface area contributed by atoms with Gasteiger partial charge in [0.1, 0.15) is 0 Å². The molecule has 1 aromatic rings. The molecule has 6 heteroatoms. The maximum atomic E-state index is 10.9. The third-order valence-corrected chi connectivity index (χ3v) is 4.71. The van der Waals surface area contributed by atoms with Crippen LogP contribution in [0.2, 0.25) is 5.15 Å². The maximum absolute atomic E-state index is 10.9. The normalized spacial score (nSPS) is 17.1. The van der Waals surface area contributed by atoms with Gasteiger partial charge >= 0.3 is 5.97 Å². The maximum Gasteiger partial charge on any atom is 0.349 e. The highest BCUT2D eigenvalue weighted by Gasteiger charge is 2.23. The number of carbonyl (C=O) groups is 1. The van der Waals surface area contributed by atoms with E-state index in [9.17, 15) is 4.79 Å². The molecule has 0 bridgehead atoms. The van der Waals surface area contributed by atoms with Crippen LogP contribution in [-0.2, 0) is 0 Å². The SMILES string of the molecule is CN(c1nc(Cl)c(C(=O)O)s1)C1CCCCC1. The number of anilines is 1. The van der Waals surface area contributed by atoms with Crippen molar-refractivity contribution in [2.75, 3.05) is 11.9 Å². The first-order chi connectivity index (χ1) is 8.09. The minimum Gasteiger partial charge on any atom is -0.477 e. The molecule has 0 atom stereocenters. The fraction of sp³-hybridized carbons (Fsp3) is 0.636. The van der Waals surface area contributed by atoms with Gasteiger partial charge in [-0.1, -0.05) is 42.2 Å². The van der Waals surface area contributed by atoms with Crippen LogP contribution in [0.1, 0.15) is 41.8 Å². The predicted octanol–water partition coefficient (Wildman–Crippen LogP) is 3.26. The van der Waals surface area contributed by atoms with Crippen molar-refractivity contribution in [2.45, 2.75) is 38.1 Å². The van der Waals surface area contributed by atoms with Crippen molar-refractivity contribution >= 4 is 34.0 Å². The van der Waals surface area contributed by atoms with Gasteiger partial charge in [-0.25, -0.2) is 9.78 Å². The summed E-state index contributed by atoms with van der Waals surface area (Å²) in [5.41, 5.74) is 0. The van der Waals surface area contributed by atoms with Crippen molar-refractivity contribution in [1.82, 2.24) is 4.98 Å². The first-order valence-electron chi connectivity index (χ1n) is 5.72. The van der Waals surface area contributed by atoms with Gasteiger partial charge in [-0.05, 0) is 12.8 Å². The monoisotopic (exact) mass is 274 g/mol. The van der Waals surface area contributed by atoms with E-state index in [0.717, 1.165) is 24.2 Å². The molecule has 1 aromatic heterocycles. The zero-order valence-electron chi connectivity index (χ0n) is 9.65. The quantitative estimate of drug-likeness (QED) is 0.919. The summed E-state index contributed by atoms with van der Waals surface area (Å²) in [4.78, 5) is 17.2. The van der Waals surface area contributed by atoms with E-state index in [2.05, 4.69) is 9.88 Å². The Hall–Kier alpha value is -0.810. The average Bonchev–Trinajstić information content (AvgIpc) is 2.71. The average molecular weight is 275 g/mol. The minimum atomic E-state index is -1.00. The summed E-state index contributed by atoms with van der Waals surface area (Å²) in [5, 5.41) is 9.74. The third kappa shape index (κ3) is 2.72. The van der Waals surface area contributed by atoms with Crippen LogP contribution >= 0.6 is 22.9 Å². The molecule has 1 heterocycles. The van der Waals surface area contributed by atoms with Crippen LogP contribution in [0.15, 0.2) is 0 Å². The minimum absolute atomic E-state index is 0.0974. The molecule has 1 saturated carbocycles. The molecule has 0 saturated heterocycles. The smallest absolute Gasteiger partial charge is 0.349 e. The summed E-state index contributed by atoms with van der Waals surface area (Å²) in [5.74, 6) is -1.00. The molecule has 1 aliphatic carbocycles. The molecule has 1 N–H and O–H groups in total. The molecule has 17 heavy (non-hydrogen) atoms. The van der Waals surface area contributed by atoms with Crippen molar-refractivity contribution in [1.29, 1.82) is 0 Å². The van der Waals surface area contributed by atoms with Crippen molar-refractivity contribution in [2.24, 2.45) is 0 Å². The van der Waals surface area contributed by atoms with E-state index < -0.39 is 5.97 Å². The Morgan fingerprint density at radius 2 is 2.12 bits per heavy atom. The topological polar surface area (TPSA) is 53.4 Å². The van der Waals surface area contributed by atoms with Gasteiger partial charge in [0.15, 0.2) is 15.2 Å². The Kier molecular flexibility index (Phi) is 3.89. The fourth-order valence-electron chi connectivity index (χ4n) is 2.20. The summed E-state index contributed by atoms with van der Waals surface area (Å²) < 4.78 is 0. The summed E-state index contributed by atoms with van der Waals surface area (Å²) >= 11 is 6.97. The molecule has 0 aliphatic heterocycles. The molecule has 1 fully saturated rings. The molecular formula is C11H15ClN2O2S. The van der Waals surface area contributed by atoms with Gasteiger partial charge in [0.25, 0.3) is 0 Å². The van der Waals surface area contributed by atoms with E-state index >= 15 is 0 Å². The van der Waals surface area contributed by atoms with Crippen LogP contribution in [0.4, 0.5) is 5.13 Å². The van der Waals surface area contributed by atoms with Gasteiger partial charge in [-0.2, -0.15) is 0 Å². The zero-order chi connectivity index (χ0) is 12.4. The Bertz CT molecular complexity index is 416. The van der Waals surface area contributed by atoms with Gasteiger partial charge in [0.2, 0.25) is 0 Å². The van der Waals surface area contributed by atoms with Gasteiger partial charge in [-0.3, -0.25) is 0 Å². The van der Waals surface area contributed by atoms with Crippen molar-refractivity contribution < 1.29 is 9.90 Å². The lowest BCUT2D eigenvalue weighted by Gasteiger charge is -2.30. The molecular weight excluding hydrogens is 260 g/mol. The number of rotatable bonds is 3. The Balaban J connectivity index is 2.15. The van der Waals surface area contributed by atoms with Crippen LogP contribution in [0, 0.1) is 0 Å². The number of aromatic carboxylic acids is 1. The molecule has 2 rings (SSSR count). The number of carboxylic acids is 1. The van der Waals surface area contributed by atoms with E-state index in [-0.39, 0.29) is 10.0 Å². The second kappa shape index (κ2) is 5.23. The number of carboxylic acid groups (broad SMARTS) is 1. The van der Waals surface area contributed by atoms with Gasteiger partial charge < -0.3 is 10.0 Å². The van der Waals surface area contributed by atoms with Crippen molar-refractivity contribution in [3.05, 3.63) is 10.0 Å². The standard InChI is InChI=1S/C11H15ClN2O2S/c1-14(7-5-3-2-4-6-7)11-13-9(12)8(17-11)10(15)16/h7H,2-6H2,1H3,(H,15,16). The second-order valence-electron chi connectivity index (χ2n) is 4.32. The van der Waals surface area contributed by atoms with E-state index in [1.807, 2.05) is 7.05 Å². The van der Waals surface area contributed by atoms with Crippen LogP contribution in [-0.4, -0.2) is 29.1 Å². The van der Waals surface area contributed by atoms with Gasteiger partial charge in [-0.15, -0.1) is 0 Å². The molecule has 0 spiro atoms.